The van der Waals surface area contributed by atoms with Crippen LogP contribution in [0.1, 0.15) is 13.8 Å². The topological polar surface area (TPSA) is 108 Å². The molecule has 1 N–H and O–H groups in total. The van der Waals surface area contributed by atoms with Crippen molar-refractivity contribution in [3.05, 3.63) is 46.2 Å². The number of non-ortho nitro benzene ring substituents is 1. The molecule has 118 valence electrons. The maximum Gasteiger partial charge on any atom is 0.355 e. The lowest BCUT2D eigenvalue weighted by Gasteiger charge is -2.10. The number of carbonyl (C=O) groups is 2. The van der Waals surface area contributed by atoms with Crippen molar-refractivity contribution in [3.63, 3.8) is 0 Å². The molecule has 0 atom stereocenters. The van der Waals surface area contributed by atoms with Gasteiger partial charge in [0.1, 0.15) is 5.70 Å². The average molecular weight is 308 g/mol. The number of benzene rings is 1. The van der Waals surface area contributed by atoms with Crippen LogP contribution in [-0.2, 0) is 19.1 Å². The second-order valence-electron chi connectivity index (χ2n) is 3.96. The highest BCUT2D eigenvalue weighted by atomic mass is 16.6. The third-order valence-corrected chi connectivity index (χ3v) is 2.40. The zero-order valence-corrected chi connectivity index (χ0v) is 12.2. The molecule has 8 nitrogen and oxygen atoms in total. The number of rotatable bonds is 7. The first-order valence-electron chi connectivity index (χ1n) is 6.55. The molecule has 0 aliphatic rings. The number of nitrogens with zero attached hydrogens (tertiary/aromatic N) is 1. The number of carbonyl (C=O) groups excluding carboxylic acids is 2. The van der Waals surface area contributed by atoms with E-state index in [9.17, 15) is 19.7 Å². The van der Waals surface area contributed by atoms with Crippen LogP contribution < -0.4 is 5.32 Å². The molecule has 0 saturated heterocycles. The number of esters is 2. The Labute approximate surface area is 126 Å². The highest BCUT2D eigenvalue weighted by Gasteiger charge is 2.14. The van der Waals surface area contributed by atoms with E-state index < -0.39 is 16.9 Å². The summed E-state index contributed by atoms with van der Waals surface area (Å²) in [6, 6.07) is 5.37. The minimum atomic E-state index is -0.728. The Bertz CT molecular complexity index is 580. The summed E-state index contributed by atoms with van der Waals surface area (Å²) >= 11 is 0. The number of nitro groups is 1. The van der Waals surface area contributed by atoms with Crippen LogP contribution in [0, 0.1) is 10.1 Å². The smallest absolute Gasteiger partial charge is 0.355 e. The molecular formula is C14H16N2O6. The predicted octanol–water partition coefficient (Wildman–Crippen LogP) is 2.02. The summed E-state index contributed by atoms with van der Waals surface area (Å²) in [6.45, 7) is 3.58. The van der Waals surface area contributed by atoms with Gasteiger partial charge in [0.05, 0.1) is 24.2 Å². The highest BCUT2D eigenvalue weighted by Crippen LogP contribution is 2.17. The molecule has 0 aliphatic carbocycles. The van der Waals surface area contributed by atoms with Gasteiger partial charge >= 0.3 is 11.9 Å². The van der Waals surface area contributed by atoms with E-state index >= 15 is 0 Å². The van der Waals surface area contributed by atoms with E-state index in [-0.39, 0.29) is 24.6 Å². The lowest BCUT2D eigenvalue weighted by Crippen LogP contribution is -2.17. The largest absolute Gasteiger partial charge is 0.463 e. The second kappa shape index (κ2) is 8.40. The molecule has 0 fully saturated rings. The minimum absolute atomic E-state index is 0.0855. The zero-order chi connectivity index (χ0) is 16.5. The Morgan fingerprint density at radius 3 is 2.27 bits per heavy atom. The minimum Gasteiger partial charge on any atom is -0.463 e. The Morgan fingerprint density at radius 2 is 1.77 bits per heavy atom. The van der Waals surface area contributed by atoms with E-state index in [4.69, 9.17) is 9.47 Å². The van der Waals surface area contributed by atoms with Gasteiger partial charge in [-0.3, -0.25) is 10.1 Å². The summed E-state index contributed by atoms with van der Waals surface area (Å²) in [6.07, 6.45) is 0.975. The van der Waals surface area contributed by atoms with Crippen LogP contribution in [0.2, 0.25) is 0 Å². The van der Waals surface area contributed by atoms with Gasteiger partial charge < -0.3 is 14.8 Å². The second-order valence-corrected chi connectivity index (χ2v) is 3.96. The molecule has 1 aromatic carbocycles. The molecule has 22 heavy (non-hydrogen) atoms. The maximum atomic E-state index is 11.8. The van der Waals surface area contributed by atoms with Gasteiger partial charge in [0.2, 0.25) is 0 Å². The standard InChI is InChI=1S/C14H16N2O6/c1-3-21-13(17)9-12(14(18)22-4-2)15-10-5-7-11(8-6-10)16(19)20/h5-9,15H,3-4H2,1-2H3/b12-9+. The number of anilines is 1. The number of hydrogen-bond acceptors (Lipinski definition) is 7. The van der Waals surface area contributed by atoms with Crippen molar-refractivity contribution in [1.29, 1.82) is 0 Å². The summed E-state index contributed by atoms with van der Waals surface area (Å²) in [5.41, 5.74) is 0.195. The van der Waals surface area contributed by atoms with Gasteiger partial charge in [-0.2, -0.15) is 0 Å². The summed E-state index contributed by atoms with van der Waals surface area (Å²) in [7, 11) is 0. The van der Waals surface area contributed by atoms with Crippen LogP contribution in [-0.4, -0.2) is 30.1 Å². The summed E-state index contributed by atoms with van der Waals surface area (Å²) in [5, 5.41) is 13.3. The normalized spacial score (nSPS) is 10.7. The number of nitro benzene ring substituents is 1. The number of hydrogen-bond donors (Lipinski definition) is 1. The molecule has 0 spiro atoms. The van der Waals surface area contributed by atoms with Gasteiger partial charge in [0.25, 0.3) is 5.69 Å². The molecule has 0 unspecified atom stereocenters. The van der Waals surface area contributed by atoms with Gasteiger partial charge in [-0.25, -0.2) is 9.59 Å². The van der Waals surface area contributed by atoms with E-state index in [2.05, 4.69) is 5.32 Å². The lowest BCUT2D eigenvalue weighted by atomic mass is 10.2. The van der Waals surface area contributed by atoms with Gasteiger partial charge in [0, 0.05) is 17.8 Å². The molecule has 1 rings (SSSR count). The van der Waals surface area contributed by atoms with Crippen molar-refractivity contribution in [2.45, 2.75) is 13.8 Å². The Morgan fingerprint density at radius 1 is 1.18 bits per heavy atom. The van der Waals surface area contributed by atoms with Crippen LogP contribution in [0.4, 0.5) is 11.4 Å². The third kappa shape index (κ3) is 5.23. The average Bonchev–Trinajstić information content (AvgIpc) is 2.47. The lowest BCUT2D eigenvalue weighted by molar-refractivity contribution is -0.384. The van der Waals surface area contributed by atoms with E-state index in [1.54, 1.807) is 13.8 Å². The molecule has 1 aromatic rings. The summed E-state index contributed by atoms with van der Waals surface area (Å²) in [4.78, 5) is 33.3. The van der Waals surface area contributed by atoms with E-state index in [0.29, 0.717) is 5.69 Å². The van der Waals surface area contributed by atoms with Crippen LogP contribution in [0.3, 0.4) is 0 Å². The monoisotopic (exact) mass is 308 g/mol. The Hall–Kier alpha value is -2.90. The fourth-order valence-corrected chi connectivity index (χ4v) is 1.48. The van der Waals surface area contributed by atoms with Crippen LogP contribution in [0.15, 0.2) is 36.0 Å². The zero-order valence-electron chi connectivity index (χ0n) is 12.2. The fraction of sp³-hybridized carbons (Fsp3) is 0.286. The highest BCUT2D eigenvalue weighted by molar-refractivity contribution is 5.98. The van der Waals surface area contributed by atoms with Crippen molar-refractivity contribution in [2.75, 3.05) is 18.5 Å². The molecular weight excluding hydrogens is 292 g/mol. The van der Waals surface area contributed by atoms with Gasteiger partial charge in [-0.1, -0.05) is 0 Å². The van der Waals surface area contributed by atoms with Crippen molar-refractivity contribution >= 4 is 23.3 Å². The van der Waals surface area contributed by atoms with Crippen molar-refractivity contribution in [1.82, 2.24) is 0 Å². The van der Waals surface area contributed by atoms with E-state index in [1.165, 1.54) is 24.3 Å². The molecule has 0 saturated carbocycles. The molecule has 8 heteroatoms. The maximum absolute atomic E-state index is 11.8. The number of nitrogens with one attached hydrogen (secondary N) is 1. The first kappa shape index (κ1) is 17.2. The number of ether oxygens (including phenoxy) is 2. The molecule has 0 bridgehead atoms. The summed E-state index contributed by atoms with van der Waals surface area (Å²) in [5.74, 6) is -1.42. The fourth-order valence-electron chi connectivity index (χ4n) is 1.48. The van der Waals surface area contributed by atoms with E-state index in [1.807, 2.05) is 0 Å². The third-order valence-electron chi connectivity index (χ3n) is 2.40. The van der Waals surface area contributed by atoms with Crippen LogP contribution >= 0.6 is 0 Å². The first-order valence-corrected chi connectivity index (χ1v) is 6.55. The van der Waals surface area contributed by atoms with Crippen molar-refractivity contribution in [3.8, 4) is 0 Å². The first-order chi connectivity index (χ1) is 10.5. The van der Waals surface area contributed by atoms with Crippen molar-refractivity contribution < 1.29 is 24.0 Å². The molecule has 0 heterocycles. The Balaban J connectivity index is 2.94. The van der Waals surface area contributed by atoms with Gasteiger partial charge in [-0.05, 0) is 26.0 Å². The molecule has 0 aromatic heterocycles. The van der Waals surface area contributed by atoms with Crippen LogP contribution in [0.5, 0.6) is 0 Å². The van der Waals surface area contributed by atoms with Gasteiger partial charge in [0.15, 0.2) is 0 Å². The van der Waals surface area contributed by atoms with Gasteiger partial charge in [-0.15, -0.1) is 0 Å². The quantitative estimate of drug-likeness (QED) is 0.355. The Kier molecular flexibility index (Phi) is 6.55. The van der Waals surface area contributed by atoms with E-state index in [0.717, 1.165) is 6.08 Å². The SMILES string of the molecule is CCOC(=O)/C=C(/Nc1ccc([N+](=O)[O-])cc1)C(=O)OCC. The van der Waals surface area contributed by atoms with Crippen LogP contribution in [0.25, 0.3) is 0 Å². The predicted molar refractivity (Wildman–Crippen MR) is 78.1 cm³/mol. The molecule has 0 aliphatic heterocycles. The summed E-state index contributed by atoms with van der Waals surface area (Å²) < 4.78 is 9.57. The van der Waals surface area contributed by atoms with Crippen molar-refractivity contribution in [2.24, 2.45) is 0 Å². The molecule has 0 radical (unpaired) electrons. The molecule has 0 amide bonds.